The highest BCUT2D eigenvalue weighted by Crippen LogP contribution is 2.27. The van der Waals surface area contributed by atoms with E-state index in [0.717, 1.165) is 22.4 Å². The predicted molar refractivity (Wildman–Crippen MR) is 109 cm³/mol. The molecule has 0 saturated heterocycles. The van der Waals surface area contributed by atoms with Crippen molar-refractivity contribution in [1.82, 2.24) is 4.90 Å². The number of amides is 2. The van der Waals surface area contributed by atoms with Crippen LogP contribution in [0.1, 0.15) is 23.6 Å². The summed E-state index contributed by atoms with van der Waals surface area (Å²) in [5.41, 5.74) is 3.49. The van der Waals surface area contributed by atoms with Crippen LogP contribution in [0.4, 0.5) is 5.69 Å². The van der Waals surface area contributed by atoms with Crippen LogP contribution in [0.3, 0.4) is 0 Å². The summed E-state index contributed by atoms with van der Waals surface area (Å²) >= 11 is 6.24. The van der Waals surface area contributed by atoms with E-state index in [-0.39, 0.29) is 18.4 Å². The molecule has 2 aromatic rings. The number of methoxy groups -OCH3 is 1. The molecule has 2 aromatic carbocycles. The minimum atomic E-state index is -0.279. The molecular formula is C21H25ClN2O3. The van der Waals surface area contributed by atoms with Gasteiger partial charge < -0.3 is 15.0 Å². The molecule has 0 aliphatic carbocycles. The molecule has 0 unspecified atom stereocenters. The summed E-state index contributed by atoms with van der Waals surface area (Å²) in [6, 6.07) is 11.4. The maximum Gasteiger partial charge on any atom is 0.244 e. The van der Waals surface area contributed by atoms with Crippen molar-refractivity contribution in [3.05, 3.63) is 58.1 Å². The Morgan fingerprint density at radius 1 is 1.19 bits per heavy atom. The zero-order chi connectivity index (χ0) is 20.0. The topological polar surface area (TPSA) is 58.6 Å². The summed E-state index contributed by atoms with van der Waals surface area (Å²) in [5, 5.41) is 3.31. The fourth-order valence-electron chi connectivity index (χ4n) is 2.94. The smallest absolute Gasteiger partial charge is 0.244 e. The van der Waals surface area contributed by atoms with Gasteiger partial charge in [0.2, 0.25) is 11.8 Å². The van der Waals surface area contributed by atoms with Gasteiger partial charge in [0.1, 0.15) is 5.75 Å². The lowest BCUT2D eigenvalue weighted by atomic mass is 10.1. The van der Waals surface area contributed by atoms with Crippen molar-refractivity contribution in [2.45, 2.75) is 27.2 Å². The van der Waals surface area contributed by atoms with E-state index in [0.29, 0.717) is 23.7 Å². The van der Waals surface area contributed by atoms with Crippen molar-refractivity contribution in [3.8, 4) is 5.75 Å². The summed E-state index contributed by atoms with van der Waals surface area (Å²) < 4.78 is 5.34. The van der Waals surface area contributed by atoms with Crippen LogP contribution < -0.4 is 10.1 Å². The van der Waals surface area contributed by atoms with Gasteiger partial charge in [-0.1, -0.05) is 35.9 Å². The number of para-hydroxylation sites is 1. The van der Waals surface area contributed by atoms with E-state index < -0.39 is 0 Å². The van der Waals surface area contributed by atoms with Crippen LogP contribution in [-0.2, 0) is 16.0 Å². The lowest BCUT2D eigenvalue weighted by Crippen LogP contribution is -2.38. The largest absolute Gasteiger partial charge is 0.496 e. The number of aryl methyl sites for hydroxylation is 2. The number of carbonyl (C=O) groups excluding carboxylic acids is 2. The maximum atomic E-state index is 12.5. The summed E-state index contributed by atoms with van der Waals surface area (Å²) in [5.74, 6) is 0.332. The summed E-state index contributed by atoms with van der Waals surface area (Å²) in [4.78, 5) is 26.0. The number of hydrogen-bond donors (Lipinski definition) is 1. The number of anilines is 1. The van der Waals surface area contributed by atoms with Crippen molar-refractivity contribution in [3.63, 3.8) is 0 Å². The van der Waals surface area contributed by atoms with E-state index >= 15 is 0 Å². The van der Waals surface area contributed by atoms with Gasteiger partial charge in [-0.25, -0.2) is 0 Å². The molecule has 1 N–H and O–H groups in total. The minimum absolute atomic E-state index is 0.0336. The van der Waals surface area contributed by atoms with Crippen molar-refractivity contribution in [2.24, 2.45) is 0 Å². The normalized spacial score (nSPS) is 10.4. The van der Waals surface area contributed by atoms with Gasteiger partial charge in [0.05, 0.1) is 24.4 Å². The number of nitrogens with one attached hydrogen (secondary N) is 1. The Morgan fingerprint density at radius 3 is 2.52 bits per heavy atom. The Bertz CT molecular complexity index is 813. The Labute approximate surface area is 165 Å². The Kier molecular flexibility index (Phi) is 7.25. The van der Waals surface area contributed by atoms with Gasteiger partial charge in [-0.3, -0.25) is 9.59 Å². The molecule has 0 fully saturated rings. The van der Waals surface area contributed by atoms with Gasteiger partial charge in [0.25, 0.3) is 0 Å². The van der Waals surface area contributed by atoms with Crippen LogP contribution in [0, 0.1) is 13.8 Å². The number of rotatable bonds is 7. The lowest BCUT2D eigenvalue weighted by Gasteiger charge is -2.21. The molecule has 5 nitrogen and oxygen atoms in total. The average Bonchev–Trinajstić information content (AvgIpc) is 2.61. The number of ether oxygens (including phenoxy) is 1. The number of benzene rings is 2. The van der Waals surface area contributed by atoms with Crippen molar-refractivity contribution >= 4 is 29.1 Å². The third-order valence-corrected chi connectivity index (χ3v) is 4.62. The van der Waals surface area contributed by atoms with E-state index in [4.69, 9.17) is 16.3 Å². The Morgan fingerprint density at radius 2 is 1.89 bits per heavy atom. The predicted octanol–water partition coefficient (Wildman–Crippen LogP) is 4.00. The molecule has 0 aliphatic heterocycles. The van der Waals surface area contributed by atoms with Crippen LogP contribution in [0.15, 0.2) is 36.4 Å². The van der Waals surface area contributed by atoms with Crippen LogP contribution in [0.2, 0.25) is 5.02 Å². The molecule has 0 atom stereocenters. The van der Waals surface area contributed by atoms with Gasteiger partial charge in [-0.05, 0) is 49.1 Å². The molecule has 2 amide bonds. The van der Waals surface area contributed by atoms with Crippen molar-refractivity contribution in [1.29, 1.82) is 0 Å². The summed E-state index contributed by atoms with van der Waals surface area (Å²) in [6.45, 7) is 5.68. The molecule has 0 bridgehead atoms. The average molecular weight is 389 g/mol. The van der Waals surface area contributed by atoms with E-state index in [1.54, 1.807) is 13.2 Å². The van der Waals surface area contributed by atoms with Crippen LogP contribution in [-0.4, -0.2) is 36.9 Å². The molecule has 27 heavy (non-hydrogen) atoms. The third-order valence-electron chi connectivity index (χ3n) is 4.32. The molecular weight excluding hydrogens is 364 g/mol. The number of nitrogens with zero attached hydrogens (tertiary/aromatic N) is 1. The van der Waals surface area contributed by atoms with Gasteiger partial charge in [-0.15, -0.1) is 0 Å². The standard InChI is InChI=1S/C21H25ClN2O3/c1-14-11-15(2)21(18(22)12-14)23-20(26)13-24(16(3)25)10-9-17-7-5-6-8-19(17)27-4/h5-8,11-12H,9-10,13H2,1-4H3,(H,23,26). The summed E-state index contributed by atoms with van der Waals surface area (Å²) in [7, 11) is 1.61. The number of carbonyl (C=O) groups is 2. The molecule has 0 radical (unpaired) electrons. The first kappa shape index (κ1) is 20.8. The fourth-order valence-corrected chi connectivity index (χ4v) is 3.31. The molecule has 0 aromatic heterocycles. The van der Waals surface area contributed by atoms with Crippen LogP contribution >= 0.6 is 11.6 Å². The zero-order valence-electron chi connectivity index (χ0n) is 16.1. The molecule has 6 heteroatoms. The Hall–Kier alpha value is -2.53. The Balaban J connectivity index is 2.03. The van der Waals surface area contributed by atoms with Crippen LogP contribution in [0.25, 0.3) is 0 Å². The molecule has 0 saturated carbocycles. The maximum absolute atomic E-state index is 12.5. The van der Waals surface area contributed by atoms with Gasteiger partial charge in [0.15, 0.2) is 0 Å². The fraction of sp³-hybridized carbons (Fsp3) is 0.333. The first-order valence-electron chi connectivity index (χ1n) is 8.75. The van der Waals surface area contributed by atoms with E-state index in [1.807, 2.05) is 44.2 Å². The first-order chi connectivity index (χ1) is 12.8. The van der Waals surface area contributed by atoms with Gasteiger partial charge >= 0.3 is 0 Å². The SMILES string of the molecule is COc1ccccc1CCN(CC(=O)Nc1c(C)cc(C)cc1Cl)C(C)=O. The van der Waals surface area contributed by atoms with Crippen LogP contribution in [0.5, 0.6) is 5.75 Å². The highest BCUT2D eigenvalue weighted by molar-refractivity contribution is 6.34. The molecule has 2 rings (SSSR count). The molecule has 144 valence electrons. The molecule has 0 heterocycles. The second-order valence-corrected chi connectivity index (χ2v) is 6.90. The lowest BCUT2D eigenvalue weighted by molar-refractivity contribution is -0.132. The minimum Gasteiger partial charge on any atom is -0.496 e. The number of hydrogen-bond acceptors (Lipinski definition) is 3. The van der Waals surface area contributed by atoms with Gasteiger partial charge in [0, 0.05) is 13.5 Å². The highest BCUT2D eigenvalue weighted by atomic mass is 35.5. The first-order valence-corrected chi connectivity index (χ1v) is 9.13. The highest BCUT2D eigenvalue weighted by Gasteiger charge is 2.16. The third kappa shape index (κ3) is 5.73. The summed E-state index contributed by atoms with van der Waals surface area (Å²) in [6.07, 6.45) is 0.598. The van der Waals surface area contributed by atoms with E-state index in [1.165, 1.54) is 11.8 Å². The van der Waals surface area contributed by atoms with E-state index in [9.17, 15) is 9.59 Å². The van der Waals surface area contributed by atoms with Crippen molar-refractivity contribution < 1.29 is 14.3 Å². The van der Waals surface area contributed by atoms with Gasteiger partial charge in [-0.2, -0.15) is 0 Å². The second kappa shape index (κ2) is 9.42. The zero-order valence-corrected chi connectivity index (χ0v) is 16.9. The molecule has 0 aliphatic rings. The van der Waals surface area contributed by atoms with E-state index in [2.05, 4.69) is 5.32 Å². The quantitative estimate of drug-likeness (QED) is 0.780. The molecule has 0 spiro atoms. The second-order valence-electron chi connectivity index (χ2n) is 6.49. The van der Waals surface area contributed by atoms with Crippen molar-refractivity contribution in [2.75, 3.05) is 25.5 Å². The monoisotopic (exact) mass is 388 g/mol. The number of halogens is 1.